The first kappa shape index (κ1) is 11.3. The van der Waals surface area contributed by atoms with Gasteiger partial charge in [0, 0.05) is 22.8 Å². The largest absolute Gasteiger partial charge is 0.237 e. The van der Waals surface area contributed by atoms with Crippen LogP contribution in [0.5, 0.6) is 0 Å². The summed E-state index contributed by atoms with van der Waals surface area (Å²) in [5.74, 6) is 0.893. The van der Waals surface area contributed by atoms with Crippen molar-refractivity contribution >= 4 is 15.9 Å². The van der Waals surface area contributed by atoms with Crippen molar-refractivity contribution in [2.45, 2.75) is 25.6 Å². The molecule has 0 aliphatic rings. The normalized spacial score (nSPS) is 10.7. The van der Waals surface area contributed by atoms with E-state index in [-0.39, 0.29) is 0 Å². The Morgan fingerprint density at radius 3 is 2.88 bits per heavy atom. The van der Waals surface area contributed by atoms with E-state index in [1.807, 2.05) is 29.2 Å². The van der Waals surface area contributed by atoms with Crippen LogP contribution in [0.1, 0.15) is 23.7 Å². The summed E-state index contributed by atoms with van der Waals surface area (Å²) in [5.41, 5.74) is 3.64. The van der Waals surface area contributed by atoms with Gasteiger partial charge in [-0.2, -0.15) is 5.10 Å². The molecule has 0 saturated carbocycles. The van der Waals surface area contributed by atoms with Crippen molar-refractivity contribution in [3.05, 3.63) is 41.3 Å². The molecular weight excluding hydrogens is 266 g/mol. The Labute approximate surface area is 104 Å². The highest BCUT2D eigenvalue weighted by Gasteiger charge is 2.10. The molecule has 0 bridgehead atoms. The highest BCUT2D eigenvalue weighted by atomic mass is 79.9. The van der Waals surface area contributed by atoms with E-state index in [0.717, 1.165) is 17.6 Å². The maximum absolute atomic E-state index is 4.39. The van der Waals surface area contributed by atoms with Crippen LogP contribution in [0, 0.1) is 6.92 Å². The predicted molar refractivity (Wildman–Crippen MR) is 68.1 cm³/mol. The summed E-state index contributed by atoms with van der Waals surface area (Å²) < 4.78 is 1.92. The van der Waals surface area contributed by atoms with Gasteiger partial charge in [-0.1, -0.05) is 22.9 Å². The van der Waals surface area contributed by atoms with Crippen molar-refractivity contribution < 1.29 is 0 Å². The maximum Gasteiger partial charge on any atom is 0.153 e. The minimum Gasteiger partial charge on any atom is -0.237 e. The molecule has 0 aliphatic carbocycles. The van der Waals surface area contributed by atoms with Crippen molar-refractivity contribution in [2.24, 2.45) is 0 Å². The topological polar surface area (TPSA) is 30.7 Å². The third kappa shape index (κ3) is 2.02. The Morgan fingerprint density at radius 2 is 2.25 bits per heavy atom. The van der Waals surface area contributed by atoms with Gasteiger partial charge in [-0.3, -0.25) is 0 Å². The first-order chi connectivity index (χ1) is 7.76. The number of hydrogen-bond donors (Lipinski definition) is 0. The average molecular weight is 280 g/mol. The van der Waals surface area contributed by atoms with Crippen LogP contribution >= 0.6 is 15.9 Å². The van der Waals surface area contributed by atoms with E-state index >= 15 is 0 Å². The number of nitrogens with zero attached hydrogens (tertiary/aromatic N) is 3. The number of aromatic nitrogens is 3. The SMILES string of the molecule is CCc1c(CBr)cnn1-c1cc(C)ccn1. The van der Waals surface area contributed by atoms with Crippen LogP contribution in [0.25, 0.3) is 5.82 Å². The van der Waals surface area contributed by atoms with Crippen molar-refractivity contribution in [3.8, 4) is 5.82 Å². The van der Waals surface area contributed by atoms with Crippen LogP contribution in [0.3, 0.4) is 0 Å². The Balaban J connectivity index is 2.51. The van der Waals surface area contributed by atoms with Gasteiger partial charge in [0.25, 0.3) is 0 Å². The summed E-state index contributed by atoms with van der Waals surface area (Å²) in [6.45, 7) is 4.20. The van der Waals surface area contributed by atoms with Crippen molar-refractivity contribution in [3.63, 3.8) is 0 Å². The third-order valence-electron chi connectivity index (χ3n) is 2.55. The maximum atomic E-state index is 4.39. The fourth-order valence-electron chi connectivity index (χ4n) is 1.73. The van der Waals surface area contributed by atoms with Crippen molar-refractivity contribution in [2.75, 3.05) is 0 Å². The summed E-state index contributed by atoms with van der Waals surface area (Å²) in [4.78, 5) is 4.35. The second-order valence-corrected chi connectivity index (χ2v) is 4.27. The van der Waals surface area contributed by atoms with E-state index in [0.29, 0.717) is 0 Å². The molecule has 0 atom stereocenters. The first-order valence-corrected chi connectivity index (χ1v) is 6.43. The Hall–Kier alpha value is -1.16. The van der Waals surface area contributed by atoms with Gasteiger partial charge in [0.2, 0.25) is 0 Å². The number of alkyl halides is 1. The molecule has 2 aromatic rings. The lowest BCUT2D eigenvalue weighted by atomic mass is 10.2. The molecule has 16 heavy (non-hydrogen) atoms. The summed E-state index contributed by atoms with van der Waals surface area (Å²) >= 11 is 3.48. The molecule has 0 N–H and O–H groups in total. The average Bonchev–Trinajstić information content (AvgIpc) is 2.71. The third-order valence-corrected chi connectivity index (χ3v) is 3.16. The molecular formula is C12H14BrN3. The fraction of sp³-hybridized carbons (Fsp3) is 0.333. The molecule has 0 amide bonds. The van der Waals surface area contributed by atoms with Gasteiger partial charge in [-0.05, 0) is 31.0 Å². The number of pyridine rings is 1. The number of hydrogen-bond acceptors (Lipinski definition) is 2. The van der Waals surface area contributed by atoms with Crippen molar-refractivity contribution in [1.29, 1.82) is 0 Å². The van der Waals surface area contributed by atoms with Gasteiger partial charge in [-0.15, -0.1) is 0 Å². The number of halogens is 1. The minimum atomic E-state index is 0.835. The zero-order chi connectivity index (χ0) is 11.5. The molecule has 2 heterocycles. The molecule has 0 aliphatic heterocycles. The van der Waals surface area contributed by atoms with E-state index in [4.69, 9.17) is 0 Å². The molecule has 0 radical (unpaired) electrons. The summed E-state index contributed by atoms with van der Waals surface area (Å²) in [6.07, 6.45) is 4.67. The lowest BCUT2D eigenvalue weighted by Crippen LogP contribution is -2.04. The summed E-state index contributed by atoms with van der Waals surface area (Å²) in [6, 6.07) is 4.04. The molecule has 0 saturated heterocycles. The highest BCUT2D eigenvalue weighted by Crippen LogP contribution is 2.17. The molecule has 3 nitrogen and oxygen atoms in total. The number of rotatable bonds is 3. The second kappa shape index (κ2) is 4.78. The quantitative estimate of drug-likeness (QED) is 0.809. The van der Waals surface area contributed by atoms with Crippen LogP contribution in [-0.2, 0) is 11.8 Å². The van der Waals surface area contributed by atoms with Crippen LogP contribution < -0.4 is 0 Å². The molecule has 0 spiro atoms. The molecule has 0 unspecified atom stereocenters. The van der Waals surface area contributed by atoms with E-state index in [9.17, 15) is 0 Å². The molecule has 0 aromatic carbocycles. The lowest BCUT2D eigenvalue weighted by molar-refractivity contribution is 0.786. The Morgan fingerprint density at radius 1 is 1.44 bits per heavy atom. The van der Waals surface area contributed by atoms with E-state index < -0.39 is 0 Å². The van der Waals surface area contributed by atoms with Gasteiger partial charge in [0.05, 0.1) is 6.20 Å². The van der Waals surface area contributed by atoms with Gasteiger partial charge in [0.1, 0.15) is 0 Å². The summed E-state index contributed by atoms with van der Waals surface area (Å²) in [7, 11) is 0. The fourth-order valence-corrected chi connectivity index (χ4v) is 2.20. The lowest BCUT2D eigenvalue weighted by Gasteiger charge is -2.06. The van der Waals surface area contributed by atoms with Gasteiger partial charge < -0.3 is 0 Å². The zero-order valence-corrected chi connectivity index (χ0v) is 11.0. The minimum absolute atomic E-state index is 0.835. The Bertz CT molecular complexity index is 491. The zero-order valence-electron chi connectivity index (χ0n) is 9.44. The monoisotopic (exact) mass is 279 g/mol. The van der Waals surface area contributed by atoms with Crippen LogP contribution in [0.15, 0.2) is 24.5 Å². The van der Waals surface area contributed by atoms with Crippen LogP contribution in [-0.4, -0.2) is 14.8 Å². The van der Waals surface area contributed by atoms with Gasteiger partial charge in [0.15, 0.2) is 5.82 Å². The van der Waals surface area contributed by atoms with E-state index in [2.05, 4.69) is 39.9 Å². The van der Waals surface area contributed by atoms with Crippen molar-refractivity contribution in [1.82, 2.24) is 14.8 Å². The second-order valence-electron chi connectivity index (χ2n) is 3.71. The van der Waals surface area contributed by atoms with Crippen LogP contribution in [0.2, 0.25) is 0 Å². The molecule has 84 valence electrons. The van der Waals surface area contributed by atoms with E-state index in [1.54, 1.807) is 0 Å². The molecule has 0 fully saturated rings. The van der Waals surface area contributed by atoms with Gasteiger partial charge in [-0.25, -0.2) is 9.67 Å². The summed E-state index contributed by atoms with van der Waals surface area (Å²) in [5, 5.41) is 5.23. The smallest absolute Gasteiger partial charge is 0.153 e. The molecule has 4 heteroatoms. The standard InChI is InChI=1S/C12H14BrN3/c1-3-11-10(7-13)8-15-16(11)12-6-9(2)4-5-14-12/h4-6,8H,3,7H2,1-2H3. The number of aryl methyl sites for hydroxylation is 1. The van der Waals surface area contributed by atoms with E-state index in [1.165, 1.54) is 16.8 Å². The van der Waals surface area contributed by atoms with Gasteiger partial charge >= 0.3 is 0 Å². The highest BCUT2D eigenvalue weighted by molar-refractivity contribution is 9.08. The predicted octanol–water partition coefficient (Wildman–Crippen LogP) is 3.03. The molecule has 2 aromatic heterocycles. The Kier molecular flexibility index (Phi) is 3.39. The molecule has 2 rings (SSSR count). The van der Waals surface area contributed by atoms with Crippen LogP contribution in [0.4, 0.5) is 0 Å². The first-order valence-electron chi connectivity index (χ1n) is 5.31.